The molecule has 1 heterocycles. The van der Waals surface area contributed by atoms with E-state index in [-0.39, 0.29) is 27.7 Å². The highest BCUT2D eigenvalue weighted by Gasteiger charge is 2.31. The largest absolute Gasteiger partial charge is 0.492 e. The zero-order valence-corrected chi connectivity index (χ0v) is 22.4. The summed E-state index contributed by atoms with van der Waals surface area (Å²) < 4.78 is 43.5. The van der Waals surface area contributed by atoms with Crippen LogP contribution in [0.2, 0.25) is 5.02 Å². The van der Waals surface area contributed by atoms with Crippen molar-refractivity contribution in [2.45, 2.75) is 50.0 Å². The number of nitrogens with zero attached hydrogens (tertiary/aromatic N) is 1. The third-order valence-corrected chi connectivity index (χ3v) is 7.80. The molecule has 1 saturated heterocycles. The minimum Gasteiger partial charge on any atom is -0.492 e. The van der Waals surface area contributed by atoms with Crippen molar-refractivity contribution in [2.75, 3.05) is 20.2 Å². The number of halogens is 1. The number of piperidine rings is 1. The average Bonchev–Trinajstić information content (AvgIpc) is 2.83. The predicted octanol–water partition coefficient (Wildman–Crippen LogP) is 6.38. The maximum Gasteiger partial charge on any atom is 0.410 e. The van der Waals surface area contributed by atoms with Crippen LogP contribution >= 0.6 is 11.6 Å². The smallest absolute Gasteiger partial charge is 0.410 e. The van der Waals surface area contributed by atoms with Crippen LogP contribution in [0.25, 0.3) is 10.8 Å². The number of likely N-dealkylation sites (tertiary alicyclic amines) is 1. The van der Waals surface area contributed by atoms with Crippen molar-refractivity contribution in [3.05, 3.63) is 65.2 Å². The van der Waals surface area contributed by atoms with Crippen LogP contribution in [0.15, 0.2) is 59.5 Å². The van der Waals surface area contributed by atoms with Gasteiger partial charge in [-0.25, -0.2) is 4.79 Å². The molecule has 1 fully saturated rings. The first-order chi connectivity index (χ1) is 17.0. The van der Waals surface area contributed by atoms with Gasteiger partial charge in [-0.1, -0.05) is 48.0 Å². The van der Waals surface area contributed by atoms with E-state index < -0.39 is 15.7 Å². The minimum absolute atomic E-state index is 0.0358. The maximum atomic E-state index is 13.2. The first-order valence-electron chi connectivity index (χ1n) is 11.8. The molecule has 36 heavy (non-hydrogen) atoms. The van der Waals surface area contributed by atoms with E-state index in [9.17, 15) is 13.2 Å². The van der Waals surface area contributed by atoms with Crippen molar-refractivity contribution in [3.63, 3.8) is 0 Å². The number of methoxy groups -OCH3 is 1. The Kier molecular flexibility index (Phi) is 7.38. The van der Waals surface area contributed by atoms with Crippen molar-refractivity contribution < 1.29 is 26.9 Å². The highest BCUT2D eigenvalue weighted by atomic mass is 35.5. The van der Waals surface area contributed by atoms with Crippen LogP contribution < -0.4 is 8.92 Å². The topological polar surface area (TPSA) is 82.1 Å². The lowest BCUT2D eigenvalue weighted by atomic mass is 9.87. The van der Waals surface area contributed by atoms with Crippen molar-refractivity contribution in [3.8, 4) is 11.5 Å². The van der Waals surface area contributed by atoms with Crippen LogP contribution in [-0.2, 0) is 14.9 Å². The van der Waals surface area contributed by atoms with Crippen molar-refractivity contribution in [1.82, 2.24) is 4.90 Å². The Morgan fingerprint density at radius 1 is 1.00 bits per heavy atom. The maximum absolute atomic E-state index is 13.2. The van der Waals surface area contributed by atoms with Gasteiger partial charge in [0.05, 0.1) is 12.1 Å². The second kappa shape index (κ2) is 10.2. The van der Waals surface area contributed by atoms with Gasteiger partial charge >= 0.3 is 16.2 Å². The van der Waals surface area contributed by atoms with Gasteiger partial charge in [-0.3, -0.25) is 0 Å². The summed E-state index contributed by atoms with van der Waals surface area (Å²) in [4.78, 5) is 14.1. The van der Waals surface area contributed by atoms with Crippen LogP contribution in [-0.4, -0.2) is 45.2 Å². The molecule has 0 bridgehead atoms. The Bertz CT molecular complexity index is 1370. The molecule has 3 aromatic rings. The van der Waals surface area contributed by atoms with Crippen LogP contribution in [0.5, 0.6) is 11.5 Å². The molecule has 0 N–H and O–H groups in total. The van der Waals surface area contributed by atoms with Gasteiger partial charge in [-0.2, -0.15) is 8.42 Å². The van der Waals surface area contributed by atoms with Crippen LogP contribution in [0.3, 0.4) is 0 Å². The number of carbonyl (C=O) groups is 1. The monoisotopic (exact) mass is 531 g/mol. The minimum atomic E-state index is -4.23. The number of carbonyl (C=O) groups excluding carboxylic acids is 1. The van der Waals surface area contributed by atoms with Gasteiger partial charge in [0, 0.05) is 24.0 Å². The van der Waals surface area contributed by atoms with E-state index in [2.05, 4.69) is 0 Å². The van der Waals surface area contributed by atoms with E-state index in [4.69, 9.17) is 25.3 Å². The summed E-state index contributed by atoms with van der Waals surface area (Å²) in [6, 6.07) is 15.6. The molecule has 1 aliphatic rings. The van der Waals surface area contributed by atoms with E-state index in [1.54, 1.807) is 23.1 Å². The second-order valence-corrected chi connectivity index (χ2v) is 11.7. The molecule has 3 aromatic carbocycles. The van der Waals surface area contributed by atoms with E-state index in [1.165, 1.54) is 19.2 Å². The molecule has 0 atom stereocenters. The second-order valence-electron chi connectivity index (χ2n) is 9.76. The highest BCUT2D eigenvalue weighted by Crippen LogP contribution is 2.46. The van der Waals surface area contributed by atoms with E-state index in [0.717, 1.165) is 10.9 Å². The summed E-state index contributed by atoms with van der Waals surface area (Å²) in [6.07, 6.45) is 1.01. The number of hydrogen-bond acceptors (Lipinski definition) is 6. The van der Waals surface area contributed by atoms with Crippen molar-refractivity contribution in [1.29, 1.82) is 0 Å². The van der Waals surface area contributed by atoms with Gasteiger partial charge in [0.1, 0.15) is 10.5 Å². The van der Waals surface area contributed by atoms with Crippen molar-refractivity contribution >= 4 is 38.6 Å². The molecule has 192 valence electrons. The quantitative estimate of drug-likeness (QED) is 0.355. The normalized spacial score (nSPS) is 15.1. The van der Waals surface area contributed by atoms with Gasteiger partial charge in [0.15, 0.2) is 11.5 Å². The van der Waals surface area contributed by atoms with Crippen LogP contribution in [0.4, 0.5) is 4.79 Å². The lowest BCUT2D eigenvalue weighted by molar-refractivity contribution is 0.0204. The first kappa shape index (κ1) is 26.1. The molecule has 4 rings (SSSR count). The Hall–Kier alpha value is -2.97. The summed E-state index contributed by atoms with van der Waals surface area (Å²) in [7, 11) is -2.74. The van der Waals surface area contributed by atoms with E-state index in [0.29, 0.717) is 37.1 Å². The SMILES string of the molecule is COc1c(C2CCN(C(=O)OC(C)(C)C)CC2)cc2ccccc2c1OS(=O)(=O)c1ccccc1Cl. The van der Waals surface area contributed by atoms with Crippen LogP contribution in [0.1, 0.15) is 45.1 Å². The number of hydrogen-bond donors (Lipinski definition) is 0. The van der Waals surface area contributed by atoms with Gasteiger partial charge in [0.25, 0.3) is 0 Å². The number of rotatable bonds is 5. The molecular weight excluding hydrogens is 502 g/mol. The van der Waals surface area contributed by atoms with Crippen LogP contribution in [0, 0.1) is 0 Å². The predicted molar refractivity (Wildman–Crippen MR) is 140 cm³/mol. The average molecular weight is 532 g/mol. The summed E-state index contributed by atoms with van der Waals surface area (Å²) in [5.74, 6) is 0.522. The zero-order chi connectivity index (χ0) is 26.1. The standard InChI is InChI=1S/C27H30ClNO6S/c1-27(2,3)34-26(30)29-15-13-18(14-16-29)21-17-19-9-5-6-10-20(19)25(24(21)33-4)35-36(31,32)23-12-8-7-11-22(23)28/h5-12,17-18H,13-16H2,1-4H3. The molecule has 7 nitrogen and oxygen atoms in total. The molecule has 9 heteroatoms. The molecule has 0 spiro atoms. The lowest BCUT2D eigenvalue weighted by Crippen LogP contribution is -2.41. The molecule has 1 aliphatic heterocycles. The Balaban J connectivity index is 1.70. The fourth-order valence-corrected chi connectivity index (χ4v) is 5.86. The molecule has 1 amide bonds. The molecule has 0 unspecified atom stereocenters. The third kappa shape index (κ3) is 5.55. The lowest BCUT2D eigenvalue weighted by Gasteiger charge is -2.34. The Morgan fingerprint density at radius 2 is 1.64 bits per heavy atom. The van der Waals surface area contributed by atoms with E-state index >= 15 is 0 Å². The number of amides is 1. The Morgan fingerprint density at radius 3 is 2.28 bits per heavy atom. The molecule has 0 saturated carbocycles. The third-order valence-electron chi connectivity index (χ3n) is 6.07. The van der Waals surface area contributed by atoms with Gasteiger partial charge in [-0.15, -0.1) is 0 Å². The summed E-state index contributed by atoms with van der Waals surface area (Å²) in [5.41, 5.74) is 0.277. The Labute approximate surface area is 217 Å². The molecular formula is C27H30ClNO6S. The fourth-order valence-electron chi connectivity index (χ4n) is 4.41. The van der Waals surface area contributed by atoms with Gasteiger partial charge < -0.3 is 18.6 Å². The zero-order valence-electron chi connectivity index (χ0n) is 20.8. The summed E-state index contributed by atoms with van der Waals surface area (Å²) >= 11 is 6.17. The molecule has 0 aromatic heterocycles. The summed E-state index contributed by atoms with van der Waals surface area (Å²) in [5, 5.41) is 1.51. The van der Waals surface area contributed by atoms with Crippen molar-refractivity contribution in [2.24, 2.45) is 0 Å². The molecule has 0 radical (unpaired) electrons. The molecule has 0 aliphatic carbocycles. The number of ether oxygens (including phenoxy) is 2. The number of benzene rings is 3. The fraction of sp³-hybridized carbons (Fsp3) is 0.370. The summed E-state index contributed by atoms with van der Waals surface area (Å²) in [6.45, 7) is 6.56. The van der Waals surface area contributed by atoms with Gasteiger partial charge in [-0.05, 0) is 63.1 Å². The number of fused-ring (bicyclic) bond motifs is 1. The first-order valence-corrected chi connectivity index (χ1v) is 13.6. The highest BCUT2D eigenvalue weighted by molar-refractivity contribution is 7.87. The van der Waals surface area contributed by atoms with E-state index in [1.807, 2.05) is 45.0 Å². The van der Waals surface area contributed by atoms with Gasteiger partial charge in [0.2, 0.25) is 0 Å².